The minimum Gasteiger partial charge on any atom is -0.340 e. The first-order chi connectivity index (χ1) is 8.69. The second kappa shape index (κ2) is 6.10. The molecule has 1 aromatic carbocycles. The van der Waals surface area contributed by atoms with Gasteiger partial charge >= 0.3 is 0 Å². The molecule has 0 radical (unpaired) electrons. The summed E-state index contributed by atoms with van der Waals surface area (Å²) in [5.41, 5.74) is 7.99. The molecule has 2 aromatic rings. The molecule has 4 nitrogen and oxygen atoms in total. The summed E-state index contributed by atoms with van der Waals surface area (Å²) in [6.45, 7) is 1.34. The van der Waals surface area contributed by atoms with Gasteiger partial charge in [0.2, 0.25) is 5.95 Å². The molecular formula is C13H15IN4. The smallest absolute Gasteiger partial charge is 0.225 e. The maximum Gasteiger partial charge on any atom is 0.225 e. The van der Waals surface area contributed by atoms with E-state index >= 15 is 0 Å². The molecule has 1 aromatic heterocycles. The molecule has 18 heavy (non-hydrogen) atoms. The molecule has 0 unspecified atom stereocenters. The lowest BCUT2D eigenvalue weighted by atomic mass is 10.1. The molecule has 0 amide bonds. The van der Waals surface area contributed by atoms with Crippen LogP contribution < -0.4 is 10.6 Å². The van der Waals surface area contributed by atoms with Crippen LogP contribution in [0.25, 0.3) is 0 Å². The van der Waals surface area contributed by atoms with E-state index in [-0.39, 0.29) is 0 Å². The average molecular weight is 354 g/mol. The van der Waals surface area contributed by atoms with E-state index in [4.69, 9.17) is 5.73 Å². The monoisotopic (exact) mass is 354 g/mol. The molecule has 0 aliphatic heterocycles. The van der Waals surface area contributed by atoms with Crippen LogP contribution in [-0.2, 0) is 13.1 Å². The molecule has 0 atom stereocenters. The molecule has 0 aliphatic carbocycles. The highest BCUT2D eigenvalue weighted by atomic mass is 127. The SMILES string of the molecule is CN(Cc1cccc(CN)c1)c1ncc(I)cn1. The van der Waals surface area contributed by atoms with Gasteiger partial charge in [-0.3, -0.25) is 0 Å². The quantitative estimate of drug-likeness (QED) is 0.856. The van der Waals surface area contributed by atoms with Crippen molar-refractivity contribution in [3.8, 4) is 0 Å². The maximum atomic E-state index is 5.64. The number of nitrogens with zero attached hydrogens (tertiary/aromatic N) is 3. The molecule has 0 saturated heterocycles. The summed E-state index contributed by atoms with van der Waals surface area (Å²) in [5, 5.41) is 0. The van der Waals surface area contributed by atoms with E-state index in [0.717, 1.165) is 21.6 Å². The normalized spacial score (nSPS) is 10.4. The molecular weight excluding hydrogens is 339 g/mol. The third kappa shape index (κ3) is 3.39. The van der Waals surface area contributed by atoms with Crippen molar-refractivity contribution in [3.63, 3.8) is 0 Å². The van der Waals surface area contributed by atoms with Crippen LogP contribution in [0.4, 0.5) is 5.95 Å². The molecule has 0 saturated carbocycles. The van der Waals surface area contributed by atoms with Gasteiger partial charge in [0.05, 0.1) is 0 Å². The summed E-state index contributed by atoms with van der Waals surface area (Å²) in [5.74, 6) is 0.730. The van der Waals surface area contributed by atoms with Crippen molar-refractivity contribution in [2.45, 2.75) is 13.1 Å². The number of hydrogen-bond donors (Lipinski definition) is 1. The molecule has 5 heteroatoms. The highest BCUT2D eigenvalue weighted by molar-refractivity contribution is 14.1. The van der Waals surface area contributed by atoms with Gasteiger partial charge in [-0.15, -0.1) is 0 Å². The van der Waals surface area contributed by atoms with E-state index in [1.165, 1.54) is 5.56 Å². The minimum absolute atomic E-state index is 0.567. The number of halogens is 1. The summed E-state index contributed by atoms with van der Waals surface area (Å²) in [7, 11) is 1.98. The summed E-state index contributed by atoms with van der Waals surface area (Å²) in [6, 6.07) is 8.26. The fraction of sp³-hybridized carbons (Fsp3) is 0.231. The predicted molar refractivity (Wildman–Crippen MR) is 81.2 cm³/mol. The van der Waals surface area contributed by atoms with Gasteiger partial charge in [-0.2, -0.15) is 0 Å². The molecule has 1 heterocycles. The van der Waals surface area contributed by atoms with Crippen molar-refractivity contribution in [1.82, 2.24) is 9.97 Å². The molecule has 2 rings (SSSR count). The predicted octanol–water partition coefficient (Wildman–Crippen LogP) is 2.18. The summed E-state index contributed by atoms with van der Waals surface area (Å²) < 4.78 is 1.04. The Morgan fingerprint density at radius 1 is 1.22 bits per heavy atom. The van der Waals surface area contributed by atoms with Crippen LogP contribution >= 0.6 is 22.6 Å². The molecule has 0 aliphatic rings. The van der Waals surface area contributed by atoms with Crippen LogP contribution in [-0.4, -0.2) is 17.0 Å². The zero-order chi connectivity index (χ0) is 13.0. The molecule has 0 spiro atoms. The number of nitrogens with two attached hydrogens (primary N) is 1. The number of anilines is 1. The van der Waals surface area contributed by atoms with Crippen molar-refractivity contribution < 1.29 is 0 Å². The highest BCUT2D eigenvalue weighted by Crippen LogP contribution is 2.12. The van der Waals surface area contributed by atoms with Crippen molar-refractivity contribution in [1.29, 1.82) is 0 Å². The van der Waals surface area contributed by atoms with Crippen molar-refractivity contribution >= 4 is 28.5 Å². The van der Waals surface area contributed by atoms with Crippen LogP contribution in [0.1, 0.15) is 11.1 Å². The first-order valence-corrected chi connectivity index (χ1v) is 6.73. The Morgan fingerprint density at radius 3 is 2.56 bits per heavy atom. The van der Waals surface area contributed by atoms with Gasteiger partial charge in [0.15, 0.2) is 0 Å². The lowest BCUT2D eigenvalue weighted by Gasteiger charge is -2.17. The van der Waals surface area contributed by atoms with Gasteiger partial charge in [-0.05, 0) is 33.7 Å². The fourth-order valence-corrected chi connectivity index (χ4v) is 1.98. The van der Waals surface area contributed by atoms with Gasteiger partial charge in [0.25, 0.3) is 0 Å². The van der Waals surface area contributed by atoms with Crippen LogP contribution in [0.5, 0.6) is 0 Å². The van der Waals surface area contributed by atoms with Crippen LogP contribution in [0.2, 0.25) is 0 Å². The second-order valence-corrected chi connectivity index (χ2v) is 5.33. The Balaban J connectivity index is 2.10. The summed E-state index contributed by atoms with van der Waals surface area (Å²) >= 11 is 2.20. The number of hydrogen-bond acceptors (Lipinski definition) is 4. The zero-order valence-electron chi connectivity index (χ0n) is 10.2. The van der Waals surface area contributed by atoms with Gasteiger partial charge in [0, 0.05) is 36.1 Å². The van der Waals surface area contributed by atoms with Gasteiger partial charge < -0.3 is 10.6 Å². The first-order valence-electron chi connectivity index (χ1n) is 5.65. The van der Waals surface area contributed by atoms with Crippen LogP contribution in [0.15, 0.2) is 36.7 Å². The fourth-order valence-electron chi connectivity index (χ4n) is 1.70. The van der Waals surface area contributed by atoms with E-state index in [0.29, 0.717) is 6.54 Å². The third-order valence-electron chi connectivity index (χ3n) is 2.59. The standard InChI is InChI=1S/C13H15IN4/c1-18(13-16-7-12(14)8-17-13)9-11-4-2-3-10(5-11)6-15/h2-5,7-8H,6,9,15H2,1H3. The lowest BCUT2D eigenvalue weighted by molar-refractivity contribution is 0.862. The third-order valence-corrected chi connectivity index (χ3v) is 3.15. The Labute approximate surface area is 120 Å². The Kier molecular flexibility index (Phi) is 4.48. The topological polar surface area (TPSA) is 55.0 Å². The van der Waals surface area contributed by atoms with E-state index in [1.54, 1.807) is 0 Å². The number of benzene rings is 1. The van der Waals surface area contributed by atoms with Crippen LogP contribution in [0.3, 0.4) is 0 Å². The van der Waals surface area contributed by atoms with Crippen molar-refractivity contribution in [2.75, 3.05) is 11.9 Å². The number of rotatable bonds is 4. The first kappa shape index (κ1) is 13.2. The average Bonchev–Trinajstić information content (AvgIpc) is 2.39. The van der Waals surface area contributed by atoms with Crippen molar-refractivity contribution in [3.05, 3.63) is 51.4 Å². The van der Waals surface area contributed by atoms with E-state index in [2.05, 4.69) is 44.7 Å². The summed E-state index contributed by atoms with van der Waals surface area (Å²) in [4.78, 5) is 10.6. The zero-order valence-corrected chi connectivity index (χ0v) is 12.3. The molecule has 2 N–H and O–H groups in total. The van der Waals surface area contributed by atoms with Crippen molar-refractivity contribution in [2.24, 2.45) is 5.73 Å². The van der Waals surface area contributed by atoms with E-state index in [1.807, 2.05) is 36.5 Å². The van der Waals surface area contributed by atoms with E-state index in [9.17, 15) is 0 Å². The molecule has 0 fully saturated rings. The number of aromatic nitrogens is 2. The Morgan fingerprint density at radius 2 is 1.89 bits per heavy atom. The van der Waals surface area contributed by atoms with Gasteiger partial charge in [-0.25, -0.2) is 9.97 Å². The second-order valence-electron chi connectivity index (χ2n) is 4.08. The lowest BCUT2D eigenvalue weighted by Crippen LogP contribution is -2.19. The largest absolute Gasteiger partial charge is 0.340 e. The Bertz CT molecular complexity index is 513. The van der Waals surface area contributed by atoms with Gasteiger partial charge in [0.1, 0.15) is 0 Å². The minimum atomic E-state index is 0.567. The van der Waals surface area contributed by atoms with Gasteiger partial charge in [-0.1, -0.05) is 24.3 Å². The highest BCUT2D eigenvalue weighted by Gasteiger charge is 2.05. The molecule has 0 bridgehead atoms. The maximum absolute atomic E-state index is 5.64. The Hall–Kier alpha value is -1.21. The van der Waals surface area contributed by atoms with Crippen LogP contribution in [0, 0.1) is 3.57 Å². The van der Waals surface area contributed by atoms with E-state index < -0.39 is 0 Å². The summed E-state index contributed by atoms with van der Waals surface area (Å²) in [6.07, 6.45) is 3.63. The molecule has 94 valence electrons.